The van der Waals surface area contributed by atoms with E-state index in [2.05, 4.69) is 5.32 Å². The number of nitrogens with one attached hydrogen (secondary N) is 1. The lowest BCUT2D eigenvalue weighted by Gasteiger charge is -2.24. The van der Waals surface area contributed by atoms with Crippen LogP contribution in [0.4, 0.5) is 4.79 Å². The van der Waals surface area contributed by atoms with Gasteiger partial charge in [-0.2, -0.15) is 0 Å². The first-order chi connectivity index (χ1) is 6.88. The van der Waals surface area contributed by atoms with E-state index in [-0.39, 0.29) is 6.03 Å². The quantitative estimate of drug-likeness (QED) is 0.724. The van der Waals surface area contributed by atoms with Crippen molar-refractivity contribution in [2.24, 2.45) is 5.92 Å². The van der Waals surface area contributed by atoms with Gasteiger partial charge in [-0.1, -0.05) is 13.8 Å². The molecule has 0 heterocycles. The van der Waals surface area contributed by atoms with E-state index >= 15 is 0 Å². The molecule has 0 fully saturated rings. The summed E-state index contributed by atoms with van der Waals surface area (Å²) in [6.07, 6.45) is 0. The van der Waals surface area contributed by atoms with Crippen molar-refractivity contribution in [3.8, 4) is 0 Å². The number of nitrogens with zero attached hydrogens (tertiary/aromatic N) is 1. The average Bonchev–Trinajstić information content (AvgIpc) is 2.13. The van der Waals surface area contributed by atoms with Gasteiger partial charge in [0.1, 0.15) is 6.04 Å². The number of amides is 2. The molecule has 2 N–H and O–H groups in total. The summed E-state index contributed by atoms with van der Waals surface area (Å²) in [5.41, 5.74) is 0. The fourth-order valence-corrected chi connectivity index (χ4v) is 1.13. The first-order valence-corrected chi connectivity index (χ1v) is 5.16. The highest BCUT2D eigenvalue weighted by Gasteiger charge is 2.18. The maximum atomic E-state index is 11.6. The molecule has 0 unspecified atom stereocenters. The first-order valence-electron chi connectivity index (χ1n) is 5.16. The van der Waals surface area contributed by atoms with Gasteiger partial charge < -0.3 is 15.3 Å². The number of carboxylic acid groups (broad SMARTS) is 1. The van der Waals surface area contributed by atoms with Crippen LogP contribution in [0.2, 0.25) is 0 Å². The number of hydrogen-bond donors (Lipinski definition) is 2. The van der Waals surface area contributed by atoms with Gasteiger partial charge in [-0.05, 0) is 19.8 Å². The van der Waals surface area contributed by atoms with Crippen molar-refractivity contribution in [3.05, 3.63) is 0 Å². The molecule has 1 atom stereocenters. The molecule has 0 aromatic rings. The highest BCUT2D eigenvalue weighted by atomic mass is 16.4. The van der Waals surface area contributed by atoms with E-state index in [1.165, 1.54) is 6.92 Å². The van der Waals surface area contributed by atoms with Crippen LogP contribution >= 0.6 is 0 Å². The van der Waals surface area contributed by atoms with Gasteiger partial charge in [-0.25, -0.2) is 4.79 Å². The third kappa shape index (κ3) is 5.24. The maximum Gasteiger partial charge on any atom is 0.325 e. The van der Waals surface area contributed by atoms with Crippen LogP contribution in [0.25, 0.3) is 0 Å². The summed E-state index contributed by atoms with van der Waals surface area (Å²) in [4.78, 5) is 23.7. The minimum absolute atomic E-state index is 0.318. The molecule has 0 bridgehead atoms. The number of carboxylic acids is 1. The number of aliphatic carboxylic acids is 1. The fraction of sp³-hybridized carbons (Fsp3) is 0.800. The summed E-state index contributed by atoms with van der Waals surface area (Å²) in [6.45, 7) is 8.55. The smallest absolute Gasteiger partial charge is 0.325 e. The molecule has 88 valence electrons. The van der Waals surface area contributed by atoms with E-state index in [0.717, 1.165) is 0 Å². The van der Waals surface area contributed by atoms with Crippen LogP contribution in [0, 0.1) is 5.92 Å². The number of rotatable bonds is 5. The molecule has 0 saturated heterocycles. The number of carbonyl (C=O) groups is 2. The molecule has 0 aromatic carbocycles. The van der Waals surface area contributed by atoms with Crippen molar-refractivity contribution in [2.75, 3.05) is 13.1 Å². The highest BCUT2D eigenvalue weighted by Crippen LogP contribution is 1.99. The molecule has 0 saturated carbocycles. The van der Waals surface area contributed by atoms with Crippen LogP contribution in [0.1, 0.15) is 27.7 Å². The highest BCUT2D eigenvalue weighted by molar-refractivity contribution is 5.82. The van der Waals surface area contributed by atoms with Crippen molar-refractivity contribution in [2.45, 2.75) is 33.7 Å². The SMILES string of the molecule is CCN(CC(C)C)C(=O)N[C@@H](C)C(=O)O. The van der Waals surface area contributed by atoms with Crippen molar-refractivity contribution >= 4 is 12.0 Å². The van der Waals surface area contributed by atoms with Gasteiger partial charge in [0.15, 0.2) is 0 Å². The normalized spacial score (nSPS) is 12.3. The minimum Gasteiger partial charge on any atom is -0.480 e. The van der Waals surface area contributed by atoms with E-state index in [1.54, 1.807) is 4.90 Å². The van der Waals surface area contributed by atoms with Crippen molar-refractivity contribution < 1.29 is 14.7 Å². The standard InChI is InChI=1S/C10H20N2O3/c1-5-12(6-7(2)3)10(15)11-8(4)9(13)14/h7-8H,5-6H2,1-4H3,(H,11,15)(H,13,14)/t8-/m0/s1. The lowest BCUT2D eigenvalue weighted by Crippen LogP contribution is -2.47. The maximum absolute atomic E-state index is 11.6. The Morgan fingerprint density at radius 3 is 2.20 bits per heavy atom. The zero-order chi connectivity index (χ0) is 12.0. The summed E-state index contributed by atoms with van der Waals surface area (Å²) in [7, 11) is 0. The van der Waals surface area contributed by atoms with Gasteiger partial charge in [-0.3, -0.25) is 4.79 Å². The van der Waals surface area contributed by atoms with Crippen LogP contribution in [-0.2, 0) is 4.79 Å². The van der Waals surface area contributed by atoms with Crippen LogP contribution < -0.4 is 5.32 Å². The Morgan fingerprint density at radius 1 is 1.33 bits per heavy atom. The summed E-state index contributed by atoms with van der Waals surface area (Å²) in [5.74, 6) is -0.653. The minimum atomic E-state index is -1.02. The number of hydrogen-bond acceptors (Lipinski definition) is 2. The summed E-state index contributed by atoms with van der Waals surface area (Å²) in [6, 6.07) is -1.17. The topological polar surface area (TPSA) is 69.6 Å². The predicted molar refractivity (Wildman–Crippen MR) is 57.7 cm³/mol. The third-order valence-corrected chi connectivity index (χ3v) is 1.96. The van der Waals surface area contributed by atoms with Gasteiger partial charge in [-0.15, -0.1) is 0 Å². The van der Waals surface area contributed by atoms with E-state index < -0.39 is 12.0 Å². The number of carbonyl (C=O) groups excluding carboxylic acids is 1. The Bertz CT molecular complexity index is 229. The Balaban J connectivity index is 4.21. The average molecular weight is 216 g/mol. The van der Waals surface area contributed by atoms with Crippen molar-refractivity contribution in [1.82, 2.24) is 10.2 Å². The molecular weight excluding hydrogens is 196 g/mol. The Morgan fingerprint density at radius 2 is 1.87 bits per heavy atom. The summed E-state index contributed by atoms with van der Waals surface area (Å²) >= 11 is 0. The zero-order valence-electron chi connectivity index (χ0n) is 9.78. The molecule has 0 aliphatic carbocycles. The van der Waals surface area contributed by atoms with Crippen molar-refractivity contribution in [3.63, 3.8) is 0 Å². The van der Waals surface area contributed by atoms with Gasteiger partial charge in [0.2, 0.25) is 0 Å². The van der Waals surface area contributed by atoms with Crippen molar-refractivity contribution in [1.29, 1.82) is 0 Å². The zero-order valence-corrected chi connectivity index (χ0v) is 9.78. The molecular formula is C10H20N2O3. The van der Waals surface area contributed by atoms with Crippen LogP contribution in [0.15, 0.2) is 0 Å². The number of urea groups is 1. The lowest BCUT2D eigenvalue weighted by atomic mass is 10.2. The molecule has 15 heavy (non-hydrogen) atoms. The Labute approximate surface area is 90.5 Å². The van der Waals surface area contributed by atoms with E-state index in [0.29, 0.717) is 19.0 Å². The molecule has 5 heteroatoms. The molecule has 0 spiro atoms. The fourth-order valence-electron chi connectivity index (χ4n) is 1.13. The third-order valence-electron chi connectivity index (χ3n) is 1.96. The molecule has 0 radical (unpaired) electrons. The molecule has 0 aliphatic rings. The summed E-state index contributed by atoms with van der Waals surface area (Å²) < 4.78 is 0. The van der Waals surface area contributed by atoms with Crippen LogP contribution in [0.3, 0.4) is 0 Å². The Kier molecular flexibility index (Phi) is 5.74. The van der Waals surface area contributed by atoms with Gasteiger partial charge >= 0.3 is 12.0 Å². The predicted octanol–water partition coefficient (Wildman–Crippen LogP) is 1.15. The molecule has 5 nitrogen and oxygen atoms in total. The van der Waals surface area contributed by atoms with Gasteiger partial charge in [0.25, 0.3) is 0 Å². The molecule has 2 amide bonds. The van der Waals surface area contributed by atoms with E-state index in [1.807, 2.05) is 20.8 Å². The molecule has 0 rings (SSSR count). The molecule has 0 aromatic heterocycles. The second-order valence-electron chi connectivity index (χ2n) is 3.94. The Hall–Kier alpha value is -1.26. The van der Waals surface area contributed by atoms with Crippen LogP contribution in [-0.4, -0.2) is 41.1 Å². The van der Waals surface area contributed by atoms with Crippen LogP contribution in [0.5, 0.6) is 0 Å². The second kappa shape index (κ2) is 6.27. The van der Waals surface area contributed by atoms with Gasteiger partial charge in [0, 0.05) is 13.1 Å². The monoisotopic (exact) mass is 216 g/mol. The largest absolute Gasteiger partial charge is 0.480 e. The van der Waals surface area contributed by atoms with Gasteiger partial charge in [0.05, 0.1) is 0 Å². The van der Waals surface area contributed by atoms with E-state index in [4.69, 9.17) is 5.11 Å². The molecule has 0 aliphatic heterocycles. The lowest BCUT2D eigenvalue weighted by molar-refractivity contribution is -0.138. The van der Waals surface area contributed by atoms with E-state index in [9.17, 15) is 9.59 Å². The second-order valence-corrected chi connectivity index (χ2v) is 3.94. The summed E-state index contributed by atoms with van der Waals surface area (Å²) in [5, 5.41) is 11.1. The first kappa shape index (κ1) is 13.7.